The lowest BCUT2D eigenvalue weighted by Crippen LogP contribution is -2.57. The second-order valence-corrected chi connectivity index (χ2v) is 19.2. The first-order valence-corrected chi connectivity index (χ1v) is 19.4. The molecule has 1 saturated carbocycles. The van der Waals surface area contributed by atoms with Gasteiger partial charge in [0.2, 0.25) is 0 Å². The van der Waals surface area contributed by atoms with Crippen LogP contribution in [0, 0.1) is 29.6 Å². The predicted octanol–water partition coefficient (Wildman–Crippen LogP) is 7.55. The van der Waals surface area contributed by atoms with Crippen molar-refractivity contribution in [1.29, 1.82) is 0 Å². The number of thioether (sulfide) groups is 1. The molecule has 0 aromatic heterocycles. The van der Waals surface area contributed by atoms with Gasteiger partial charge in [0.15, 0.2) is 8.32 Å². The zero-order valence-corrected chi connectivity index (χ0v) is 28.1. The molecule has 1 amide bonds. The Labute approximate surface area is 267 Å². The minimum Gasteiger partial charge on any atom is -0.491 e. The summed E-state index contributed by atoms with van der Waals surface area (Å²) in [5.74, 6) is 14.5. The van der Waals surface area contributed by atoms with Crippen LogP contribution in [0.25, 0.3) is 0 Å². The highest BCUT2D eigenvalue weighted by Gasteiger charge is 2.81. The van der Waals surface area contributed by atoms with Gasteiger partial charge in [0.25, 0.3) is 0 Å². The number of rotatable bonds is 9. The van der Waals surface area contributed by atoms with Crippen molar-refractivity contribution in [2.45, 2.75) is 80.3 Å². The molecule has 0 radical (unpaired) electrons. The third kappa shape index (κ3) is 5.47. The first-order valence-electron chi connectivity index (χ1n) is 15.5. The number of allylic oxidation sites excluding steroid dienone is 2. The summed E-state index contributed by atoms with van der Waals surface area (Å²) in [6.45, 7) is 12.5. The molecule has 4 atom stereocenters. The Bertz CT molecular complexity index is 1560. The van der Waals surface area contributed by atoms with E-state index in [4.69, 9.17) is 18.6 Å². The largest absolute Gasteiger partial charge is 0.491 e. The standard InChI is InChI=1S/C36H41NO5SSi/c1-34(2,3)44(4,5)41-23-22-39-28-19-20-31-30(26-28)36-27-14-9-6-7-12-18-32(35(36,42-36)21-13-15-27)37(31)33(38)40-24-25-43-29-16-10-8-11-17-29/h6-8,10-11,16-17,19-20,26-27,32H,13,15,21-25H2,1-5H3/b7-6-/t27-,32-,35-,36+/m0/s1. The Hall–Kier alpha value is -3.14. The van der Waals surface area contributed by atoms with E-state index in [9.17, 15) is 4.79 Å². The molecule has 2 aliphatic heterocycles. The van der Waals surface area contributed by atoms with E-state index in [0.29, 0.717) is 19.0 Å². The van der Waals surface area contributed by atoms with Crippen LogP contribution in [0.5, 0.6) is 5.75 Å². The van der Waals surface area contributed by atoms with Gasteiger partial charge in [-0.25, -0.2) is 4.79 Å². The van der Waals surface area contributed by atoms with Crippen LogP contribution in [0.4, 0.5) is 10.5 Å². The molecule has 6 nitrogen and oxygen atoms in total. The molecule has 0 N–H and O–H groups in total. The van der Waals surface area contributed by atoms with Crippen molar-refractivity contribution in [2.24, 2.45) is 5.92 Å². The molecule has 1 saturated heterocycles. The lowest BCUT2D eigenvalue weighted by Gasteiger charge is -2.43. The maximum Gasteiger partial charge on any atom is 0.415 e. The number of epoxide rings is 1. The molecule has 2 aromatic carbocycles. The molecule has 2 fully saturated rings. The fourth-order valence-electron chi connectivity index (χ4n) is 6.43. The summed E-state index contributed by atoms with van der Waals surface area (Å²) in [7, 11) is -1.87. The van der Waals surface area contributed by atoms with Crippen molar-refractivity contribution in [2.75, 3.05) is 30.5 Å². The fourth-order valence-corrected chi connectivity index (χ4v) is 8.21. The number of ether oxygens (including phenoxy) is 3. The van der Waals surface area contributed by atoms with Crippen LogP contribution in [0.3, 0.4) is 0 Å². The van der Waals surface area contributed by atoms with Gasteiger partial charge in [-0.1, -0.05) is 62.7 Å². The highest BCUT2D eigenvalue weighted by molar-refractivity contribution is 7.99. The lowest BCUT2D eigenvalue weighted by molar-refractivity contribution is 0.153. The molecule has 8 heteroatoms. The summed E-state index contributed by atoms with van der Waals surface area (Å²) >= 11 is 1.66. The van der Waals surface area contributed by atoms with Crippen molar-refractivity contribution >= 4 is 31.9 Å². The van der Waals surface area contributed by atoms with Gasteiger partial charge in [0.1, 0.15) is 36.2 Å². The van der Waals surface area contributed by atoms with Gasteiger partial charge >= 0.3 is 6.09 Å². The molecule has 2 aromatic rings. The van der Waals surface area contributed by atoms with Crippen molar-refractivity contribution in [3.05, 3.63) is 66.2 Å². The van der Waals surface area contributed by atoms with E-state index < -0.39 is 31.7 Å². The van der Waals surface area contributed by atoms with Gasteiger partial charge in [-0.05, 0) is 79.9 Å². The number of anilines is 1. The quantitative estimate of drug-likeness (QED) is 0.0941. The van der Waals surface area contributed by atoms with Crippen molar-refractivity contribution in [1.82, 2.24) is 0 Å². The molecule has 44 heavy (non-hydrogen) atoms. The maximum atomic E-state index is 13.9. The summed E-state index contributed by atoms with van der Waals surface area (Å²) in [4.78, 5) is 16.8. The van der Waals surface area contributed by atoms with Crippen LogP contribution in [0.1, 0.15) is 45.6 Å². The van der Waals surface area contributed by atoms with Gasteiger partial charge in [-0.3, -0.25) is 4.90 Å². The van der Waals surface area contributed by atoms with Gasteiger partial charge in [-0.15, -0.1) is 11.8 Å². The molecule has 230 valence electrons. The normalized spacial score (nSPS) is 26.9. The number of carbonyl (C=O) groups is 1. The van der Waals surface area contributed by atoms with E-state index in [1.807, 2.05) is 36.4 Å². The first-order chi connectivity index (χ1) is 21.1. The smallest absolute Gasteiger partial charge is 0.415 e. The number of hydrogen-bond acceptors (Lipinski definition) is 6. The zero-order valence-electron chi connectivity index (χ0n) is 26.3. The number of fused-ring (bicyclic) bond motifs is 1. The molecule has 2 aliphatic carbocycles. The van der Waals surface area contributed by atoms with E-state index in [2.05, 4.69) is 69.7 Å². The van der Waals surface area contributed by atoms with Crippen molar-refractivity contribution in [3.63, 3.8) is 0 Å². The van der Waals surface area contributed by atoms with Gasteiger partial charge in [-0.2, -0.15) is 0 Å². The monoisotopic (exact) mass is 627 g/mol. The average molecular weight is 628 g/mol. The SMILES string of the molecule is CC(C)(C)[Si](C)(C)OCCOc1ccc2c(c1)[C@@]13O[C@]14CCC[C@@H]3C#C/C=C\C#C[C@@H]4N2C(=O)OCCSc1ccccc1. The molecular weight excluding hydrogens is 587 g/mol. The number of hydrogen-bond donors (Lipinski definition) is 0. The predicted molar refractivity (Wildman–Crippen MR) is 177 cm³/mol. The Balaban J connectivity index is 1.27. The van der Waals surface area contributed by atoms with Gasteiger partial charge in [0, 0.05) is 16.2 Å². The fraction of sp³-hybridized carbons (Fsp3) is 0.472. The summed E-state index contributed by atoms with van der Waals surface area (Å²) in [6.07, 6.45) is 5.81. The van der Waals surface area contributed by atoms with Crippen LogP contribution in [0.2, 0.25) is 18.1 Å². The number of amides is 1. The second-order valence-electron chi connectivity index (χ2n) is 13.3. The Kier molecular flexibility index (Phi) is 8.41. The topological polar surface area (TPSA) is 60.5 Å². The Morgan fingerprint density at radius 3 is 2.61 bits per heavy atom. The minimum atomic E-state index is -1.87. The highest BCUT2D eigenvalue weighted by Crippen LogP contribution is 2.72. The number of carbonyl (C=O) groups excluding carboxylic acids is 1. The van der Waals surface area contributed by atoms with Crippen LogP contribution in [-0.2, 0) is 19.5 Å². The van der Waals surface area contributed by atoms with Gasteiger partial charge < -0.3 is 18.6 Å². The van der Waals surface area contributed by atoms with E-state index in [-0.39, 0.29) is 17.6 Å². The van der Waals surface area contributed by atoms with E-state index in [1.54, 1.807) is 28.8 Å². The van der Waals surface area contributed by atoms with Crippen molar-refractivity contribution < 1.29 is 23.4 Å². The van der Waals surface area contributed by atoms with Gasteiger partial charge in [0.05, 0.1) is 18.2 Å². The van der Waals surface area contributed by atoms with Crippen molar-refractivity contribution in [3.8, 4) is 29.4 Å². The third-order valence-corrected chi connectivity index (χ3v) is 15.2. The molecular formula is C36H41NO5SSi. The average Bonchev–Trinajstić information content (AvgIpc) is 3.72. The van der Waals surface area contributed by atoms with E-state index in [1.165, 1.54) is 0 Å². The summed E-state index contributed by atoms with van der Waals surface area (Å²) < 4.78 is 25.4. The van der Waals surface area contributed by atoms with Crippen LogP contribution in [0.15, 0.2) is 65.6 Å². The Morgan fingerprint density at radius 1 is 1.07 bits per heavy atom. The van der Waals surface area contributed by atoms with Crippen LogP contribution >= 0.6 is 11.8 Å². The molecule has 6 rings (SSSR count). The molecule has 4 bridgehead atoms. The summed E-state index contributed by atoms with van der Waals surface area (Å²) in [5.41, 5.74) is 0.394. The summed E-state index contributed by atoms with van der Waals surface area (Å²) in [6, 6.07) is 15.6. The maximum absolute atomic E-state index is 13.9. The molecule has 4 aliphatic rings. The number of benzene rings is 2. The molecule has 0 spiro atoms. The second kappa shape index (κ2) is 12.0. The van der Waals surface area contributed by atoms with E-state index in [0.717, 1.165) is 41.2 Å². The highest BCUT2D eigenvalue weighted by atomic mass is 32.2. The summed E-state index contributed by atoms with van der Waals surface area (Å²) in [5, 5.41) is 0.136. The first kappa shape index (κ1) is 30.9. The van der Waals surface area contributed by atoms with Crippen LogP contribution in [-0.4, -0.2) is 51.6 Å². The Morgan fingerprint density at radius 2 is 1.84 bits per heavy atom. The number of nitrogens with zero attached hydrogens (tertiary/aromatic N) is 1. The zero-order chi connectivity index (χ0) is 31.0. The lowest BCUT2D eigenvalue weighted by atomic mass is 9.64. The van der Waals surface area contributed by atoms with E-state index >= 15 is 0 Å². The molecule has 0 unspecified atom stereocenters. The minimum absolute atomic E-state index is 0.0142. The molecule has 2 heterocycles. The van der Waals surface area contributed by atoms with Crippen LogP contribution < -0.4 is 9.64 Å². The third-order valence-electron chi connectivity index (χ3n) is 9.66.